The fourth-order valence-electron chi connectivity index (χ4n) is 1.98. The first-order valence-electron chi connectivity index (χ1n) is 6.55. The quantitative estimate of drug-likeness (QED) is 0.744. The van der Waals surface area contributed by atoms with Gasteiger partial charge in [-0.2, -0.15) is 10.2 Å². The average Bonchev–Trinajstić information content (AvgIpc) is 2.95. The van der Waals surface area contributed by atoms with Crippen LogP contribution >= 0.6 is 0 Å². The van der Waals surface area contributed by atoms with Gasteiger partial charge in [0.15, 0.2) is 5.69 Å². The summed E-state index contributed by atoms with van der Waals surface area (Å²) in [6, 6.07) is 1.76. The second kappa shape index (κ2) is 5.78. The molecule has 0 bridgehead atoms. The molecule has 0 saturated heterocycles. The van der Waals surface area contributed by atoms with Crippen molar-refractivity contribution in [2.45, 2.75) is 26.2 Å². The van der Waals surface area contributed by atoms with Crippen LogP contribution < -0.4 is 11.1 Å². The third-order valence-electron chi connectivity index (χ3n) is 2.98. The Kier molecular flexibility index (Phi) is 4.06. The summed E-state index contributed by atoms with van der Waals surface area (Å²) in [7, 11) is 1.78. The molecular formula is C13H18N6O2. The lowest BCUT2D eigenvalue weighted by atomic mass is 10.1. The number of nitrogens with one attached hydrogen (secondary N) is 2. The van der Waals surface area contributed by atoms with Crippen molar-refractivity contribution >= 4 is 17.5 Å². The summed E-state index contributed by atoms with van der Waals surface area (Å²) < 4.78 is 1.62. The van der Waals surface area contributed by atoms with Crippen LogP contribution in [-0.4, -0.2) is 31.8 Å². The fourth-order valence-corrected chi connectivity index (χ4v) is 1.98. The van der Waals surface area contributed by atoms with Crippen molar-refractivity contribution in [3.05, 3.63) is 29.3 Å². The zero-order valence-corrected chi connectivity index (χ0v) is 12.2. The summed E-state index contributed by atoms with van der Waals surface area (Å²) in [5.41, 5.74) is 6.96. The molecule has 112 valence electrons. The lowest BCUT2D eigenvalue weighted by Gasteiger charge is -2.08. The first-order valence-corrected chi connectivity index (χ1v) is 6.55. The number of hydrogen-bond acceptors (Lipinski definition) is 4. The Hall–Kier alpha value is -2.64. The molecule has 0 atom stereocenters. The molecule has 4 N–H and O–H groups in total. The van der Waals surface area contributed by atoms with E-state index in [2.05, 4.69) is 20.6 Å². The maximum absolute atomic E-state index is 12.1. The average molecular weight is 290 g/mol. The van der Waals surface area contributed by atoms with E-state index in [1.807, 2.05) is 13.8 Å². The Labute approximate surface area is 121 Å². The van der Waals surface area contributed by atoms with Crippen LogP contribution in [0.4, 0.5) is 5.69 Å². The second-order valence-electron chi connectivity index (χ2n) is 5.09. The molecule has 2 amide bonds. The number of nitrogens with two attached hydrogens (primary N) is 1. The van der Waals surface area contributed by atoms with Gasteiger partial charge in [-0.3, -0.25) is 19.4 Å². The molecule has 2 aromatic heterocycles. The normalized spacial score (nSPS) is 10.9. The monoisotopic (exact) mass is 290 g/mol. The van der Waals surface area contributed by atoms with E-state index in [1.54, 1.807) is 24.0 Å². The predicted molar refractivity (Wildman–Crippen MR) is 76.7 cm³/mol. The highest BCUT2D eigenvalue weighted by atomic mass is 16.2. The van der Waals surface area contributed by atoms with Crippen molar-refractivity contribution < 1.29 is 9.59 Å². The van der Waals surface area contributed by atoms with Gasteiger partial charge in [0.05, 0.1) is 23.5 Å². The van der Waals surface area contributed by atoms with Crippen LogP contribution in [-0.2, 0) is 18.3 Å². The molecule has 2 heterocycles. The van der Waals surface area contributed by atoms with E-state index in [9.17, 15) is 9.59 Å². The number of carbonyl (C=O) groups excluding carboxylic acids is 2. The predicted octanol–water partition coefficient (Wildman–Crippen LogP) is 0.547. The number of rotatable bonds is 5. The number of H-pyrrole nitrogens is 1. The summed E-state index contributed by atoms with van der Waals surface area (Å²) in [5, 5.41) is 13.4. The van der Waals surface area contributed by atoms with Crippen LogP contribution in [0.15, 0.2) is 12.3 Å². The topological polar surface area (TPSA) is 119 Å². The van der Waals surface area contributed by atoms with E-state index in [-0.39, 0.29) is 23.9 Å². The number of nitrogens with zero attached hydrogens (tertiary/aromatic N) is 3. The largest absolute Gasteiger partial charge is 0.364 e. The highest BCUT2D eigenvalue weighted by Crippen LogP contribution is 2.25. The molecule has 8 nitrogen and oxygen atoms in total. The number of amides is 2. The molecule has 8 heteroatoms. The second-order valence-corrected chi connectivity index (χ2v) is 5.09. The lowest BCUT2D eigenvalue weighted by molar-refractivity contribution is -0.115. The molecule has 0 aliphatic rings. The van der Waals surface area contributed by atoms with Gasteiger partial charge in [-0.05, 0) is 12.0 Å². The summed E-state index contributed by atoms with van der Waals surface area (Å²) in [5.74, 6) is -0.901. The molecule has 0 spiro atoms. The summed E-state index contributed by atoms with van der Waals surface area (Å²) in [6.07, 6.45) is 1.87. The smallest absolute Gasteiger partial charge is 0.271 e. The van der Waals surface area contributed by atoms with Gasteiger partial charge in [0.1, 0.15) is 0 Å². The zero-order chi connectivity index (χ0) is 15.6. The highest BCUT2D eigenvalue weighted by Gasteiger charge is 2.21. The van der Waals surface area contributed by atoms with Crippen molar-refractivity contribution in [2.24, 2.45) is 12.8 Å². The Morgan fingerprint density at radius 1 is 1.48 bits per heavy atom. The van der Waals surface area contributed by atoms with Gasteiger partial charge in [-0.25, -0.2) is 0 Å². The van der Waals surface area contributed by atoms with Crippen LogP contribution in [0.5, 0.6) is 0 Å². The molecule has 0 fully saturated rings. The molecule has 0 aromatic carbocycles. The van der Waals surface area contributed by atoms with Crippen molar-refractivity contribution in [1.82, 2.24) is 20.0 Å². The number of aryl methyl sites for hydroxylation is 1. The fraction of sp³-hybridized carbons (Fsp3) is 0.385. The van der Waals surface area contributed by atoms with Gasteiger partial charge in [0, 0.05) is 13.2 Å². The summed E-state index contributed by atoms with van der Waals surface area (Å²) >= 11 is 0. The zero-order valence-electron chi connectivity index (χ0n) is 12.2. The van der Waals surface area contributed by atoms with Crippen molar-refractivity contribution in [1.29, 1.82) is 0 Å². The van der Waals surface area contributed by atoms with Crippen molar-refractivity contribution in [3.63, 3.8) is 0 Å². The van der Waals surface area contributed by atoms with Crippen molar-refractivity contribution in [3.8, 4) is 0 Å². The van der Waals surface area contributed by atoms with E-state index in [1.165, 1.54) is 0 Å². The minimum Gasteiger partial charge on any atom is -0.364 e. The molecule has 21 heavy (non-hydrogen) atoms. The first kappa shape index (κ1) is 14.8. The maximum atomic E-state index is 12.1. The van der Waals surface area contributed by atoms with Crippen LogP contribution in [0.3, 0.4) is 0 Å². The van der Waals surface area contributed by atoms with Gasteiger partial charge in [0.2, 0.25) is 5.91 Å². The third-order valence-corrected chi connectivity index (χ3v) is 2.98. The first-order chi connectivity index (χ1) is 9.88. The Morgan fingerprint density at radius 2 is 2.19 bits per heavy atom. The van der Waals surface area contributed by atoms with Crippen molar-refractivity contribution in [2.75, 3.05) is 5.32 Å². The van der Waals surface area contributed by atoms with Gasteiger partial charge in [-0.15, -0.1) is 0 Å². The number of aromatic nitrogens is 4. The Balaban J connectivity index is 2.19. The maximum Gasteiger partial charge on any atom is 0.271 e. The van der Waals surface area contributed by atoms with E-state index < -0.39 is 5.91 Å². The molecule has 2 rings (SSSR count). The van der Waals surface area contributed by atoms with E-state index >= 15 is 0 Å². The third kappa shape index (κ3) is 3.28. The minimum atomic E-state index is -0.689. The van der Waals surface area contributed by atoms with Gasteiger partial charge < -0.3 is 11.1 Å². The van der Waals surface area contributed by atoms with Crippen LogP contribution in [0, 0.1) is 0 Å². The lowest BCUT2D eigenvalue weighted by Crippen LogP contribution is -2.20. The highest BCUT2D eigenvalue weighted by molar-refractivity contribution is 6.02. The summed E-state index contributed by atoms with van der Waals surface area (Å²) in [4.78, 5) is 23.5. The number of hydrogen-bond donors (Lipinski definition) is 3. The van der Waals surface area contributed by atoms with E-state index in [4.69, 9.17) is 5.73 Å². The number of aromatic amines is 1. The Bertz CT molecular complexity index is 670. The van der Waals surface area contributed by atoms with Gasteiger partial charge in [0.25, 0.3) is 5.91 Å². The van der Waals surface area contributed by atoms with Gasteiger partial charge in [-0.1, -0.05) is 13.8 Å². The van der Waals surface area contributed by atoms with Crippen LogP contribution in [0.2, 0.25) is 0 Å². The molecule has 0 radical (unpaired) electrons. The SMILES string of the molecule is CC(C)c1[nH]nc(C(N)=O)c1NC(=O)Cc1ccn(C)n1. The standard InChI is InChI=1S/C13H18N6O2/c1-7(2)10-11(12(13(14)21)17-16-10)15-9(20)6-8-4-5-19(3)18-8/h4-5,7H,6H2,1-3H3,(H2,14,21)(H,15,20)(H,16,17). The Morgan fingerprint density at radius 3 is 2.71 bits per heavy atom. The minimum absolute atomic E-state index is 0.0353. The molecule has 0 aliphatic carbocycles. The molecule has 0 unspecified atom stereocenters. The number of primary amides is 1. The molecular weight excluding hydrogens is 272 g/mol. The van der Waals surface area contributed by atoms with Crippen LogP contribution in [0.1, 0.15) is 41.6 Å². The van der Waals surface area contributed by atoms with E-state index in [0.29, 0.717) is 17.1 Å². The number of carbonyl (C=O) groups is 2. The van der Waals surface area contributed by atoms with E-state index in [0.717, 1.165) is 0 Å². The molecule has 0 aliphatic heterocycles. The number of anilines is 1. The summed E-state index contributed by atoms with van der Waals surface area (Å²) in [6.45, 7) is 3.85. The molecule has 2 aromatic rings. The van der Waals surface area contributed by atoms with Crippen LogP contribution in [0.25, 0.3) is 0 Å². The molecule has 0 saturated carbocycles. The van der Waals surface area contributed by atoms with Gasteiger partial charge >= 0.3 is 0 Å².